The third-order valence-electron chi connectivity index (χ3n) is 2.62. The second-order valence-corrected chi connectivity index (χ2v) is 4.78. The highest BCUT2D eigenvalue weighted by molar-refractivity contribution is 6.34. The van der Waals surface area contributed by atoms with E-state index in [1.165, 1.54) is 31.2 Å². The quantitative estimate of drug-likeness (QED) is 0.282. The minimum atomic E-state index is -1.05. The number of nitro benzene ring substituents is 1. The van der Waals surface area contributed by atoms with Gasteiger partial charge in [0.25, 0.3) is 11.6 Å². The van der Waals surface area contributed by atoms with Crippen LogP contribution in [0.3, 0.4) is 0 Å². The van der Waals surface area contributed by atoms with Crippen LogP contribution in [0.15, 0.2) is 42.5 Å². The molecule has 7 nitrogen and oxygen atoms in total. The molecule has 0 aliphatic carbocycles. The number of rotatable bonds is 6. The Hall–Kier alpha value is -2.67. The number of hydrogen-bond donors (Lipinski definition) is 1. The molecule has 0 aliphatic heterocycles. The number of carbonyl (C=O) groups excluding carboxylic acids is 2. The van der Waals surface area contributed by atoms with Gasteiger partial charge in [-0.15, -0.1) is 0 Å². The van der Waals surface area contributed by atoms with Crippen LogP contribution in [0.25, 0.3) is 0 Å². The number of benzene rings is 1. The molecular formula is C15H15ClN2O5. The summed E-state index contributed by atoms with van der Waals surface area (Å²) < 4.78 is 4.91. The fourth-order valence-corrected chi connectivity index (χ4v) is 1.69. The second kappa shape index (κ2) is 8.70. The van der Waals surface area contributed by atoms with Crippen molar-refractivity contribution in [2.75, 3.05) is 5.32 Å². The van der Waals surface area contributed by atoms with Gasteiger partial charge in [-0.1, -0.05) is 29.8 Å². The highest BCUT2D eigenvalue weighted by atomic mass is 35.5. The number of nitro groups is 1. The molecule has 1 aromatic rings. The Morgan fingerprint density at radius 3 is 2.65 bits per heavy atom. The number of nitrogens with zero attached hydrogens (tertiary/aromatic N) is 1. The van der Waals surface area contributed by atoms with Crippen molar-refractivity contribution in [3.63, 3.8) is 0 Å². The molecule has 0 aliphatic rings. The van der Waals surface area contributed by atoms with Crippen molar-refractivity contribution < 1.29 is 19.2 Å². The molecule has 23 heavy (non-hydrogen) atoms. The van der Waals surface area contributed by atoms with Crippen molar-refractivity contribution in [2.45, 2.75) is 20.0 Å². The Balaban J connectivity index is 2.68. The van der Waals surface area contributed by atoms with Gasteiger partial charge >= 0.3 is 5.97 Å². The van der Waals surface area contributed by atoms with Gasteiger partial charge in [-0.05, 0) is 19.9 Å². The SMILES string of the molecule is C/C=C/C=C/C(=O)O[C@@H](C)C(=O)Nc1ccc([N+](=O)[O-])cc1Cl. The molecule has 0 bridgehead atoms. The van der Waals surface area contributed by atoms with E-state index in [0.717, 1.165) is 6.07 Å². The number of amides is 1. The molecule has 1 atom stereocenters. The number of ether oxygens (including phenoxy) is 1. The van der Waals surface area contributed by atoms with Gasteiger partial charge in [-0.25, -0.2) is 4.79 Å². The Morgan fingerprint density at radius 1 is 1.39 bits per heavy atom. The number of esters is 1. The van der Waals surface area contributed by atoms with Crippen LogP contribution >= 0.6 is 11.6 Å². The van der Waals surface area contributed by atoms with E-state index in [2.05, 4.69) is 5.32 Å². The second-order valence-electron chi connectivity index (χ2n) is 4.37. The molecule has 0 unspecified atom stereocenters. The van der Waals surface area contributed by atoms with Crippen LogP contribution in [0, 0.1) is 10.1 Å². The summed E-state index contributed by atoms with van der Waals surface area (Å²) in [5.74, 6) is -1.27. The summed E-state index contributed by atoms with van der Waals surface area (Å²) in [6, 6.07) is 3.63. The molecule has 0 saturated heterocycles. The zero-order valence-corrected chi connectivity index (χ0v) is 13.2. The zero-order chi connectivity index (χ0) is 17.4. The topological polar surface area (TPSA) is 98.5 Å². The first-order valence-electron chi connectivity index (χ1n) is 6.60. The van der Waals surface area contributed by atoms with Crippen LogP contribution in [0.5, 0.6) is 0 Å². The van der Waals surface area contributed by atoms with Crippen LogP contribution in [0.1, 0.15) is 13.8 Å². The largest absolute Gasteiger partial charge is 0.449 e. The summed E-state index contributed by atoms with van der Waals surface area (Å²) in [5, 5.41) is 13.1. The lowest BCUT2D eigenvalue weighted by atomic mass is 10.2. The summed E-state index contributed by atoms with van der Waals surface area (Å²) in [7, 11) is 0. The third kappa shape index (κ3) is 5.91. The first-order valence-corrected chi connectivity index (χ1v) is 6.97. The molecule has 1 N–H and O–H groups in total. The lowest BCUT2D eigenvalue weighted by molar-refractivity contribution is -0.384. The molecule has 8 heteroatoms. The molecule has 0 saturated carbocycles. The molecule has 0 aromatic heterocycles. The van der Waals surface area contributed by atoms with Crippen molar-refractivity contribution in [3.05, 3.63) is 57.6 Å². The number of nitrogens with one attached hydrogen (secondary N) is 1. The minimum absolute atomic E-state index is 0.0130. The molecule has 1 amide bonds. The maximum atomic E-state index is 11.9. The van der Waals surface area contributed by atoms with Crippen molar-refractivity contribution >= 4 is 34.9 Å². The highest BCUT2D eigenvalue weighted by Crippen LogP contribution is 2.26. The minimum Gasteiger partial charge on any atom is -0.449 e. The van der Waals surface area contributed by atoms with E-state index >= 15 is 0 Å². The molecule has 0 spiro atoms. The van der Waals surface area contributed by atoms with Crippen LogP contribution in [-0.2, 0) is 14.3 Å². The lowest BCUT2D eigenvalue weighted by Crippen LogP contribution is -2.29. The van der Waals surface area contributed by atoms with Crippen LogP contribution in [0.4, 0.5) is 11.4 Å². The average molecular weight is 339 g/mol. The summed E-state index contributed by atoms with van der Waals surface area (Å²) in [4.78, 5) is 33.4. The van der Waals surface area contributed by atoms with E-state index in [9.17, 15) is 19.7 Å². The molecule has 1 rings (SSSR count). The molecule has 0 fully saturated rings. The molecule has 1 aromatic carbocycles. The fourth-order valence-electron chi connectivity index (χ4n) is 1.47. The standard InChI is InChI=1S/C15H15ClN2O5/c1-3-4-5-6-14(19)23-10(2)15(20)17-13-8-7-11(18(21)22)9-12(13)16/h3-10H,1-2H3,(H,17,20)/b4-3+,6-5+/t10-/m0/s1. The zero-order valence-electron chi connectivity index (χ0n) is 12.5. The fraction of sp³-hybridized carbons (Fsp3) is 0.200. The van der Waals surface area contributed by atoms with Gasteiger partial charge in [-0.2, -0.15) is 0 Å². The molecule has 0 heterocycles. The monoisotopic (exact) mass is 338 g/mol. The van der Waals surface area contributed by atoms with Crippen molar-refractivity contribution in [1.29, 1.82) is 0 Å². The molecule has 0 radical (unpaired) electrons. The number of hydrogen-bond acceptors (Lipinski definition) is 5. The first kappa shape index (κ1) is 18.4. The number of carbonyl (C=O) groups is 2. The first-order chi connectivity index (χ1) is 10.8. The molecule has 122 valence electrons. The number of halogens is 1. The number of non-ortho nitro benzene ring substituents is 1. The third-order valence-corrected chi connectivity index (χ3v) is 2.93. The van der Waals surface area contributed by atoms with Gasteiger partial charge in [0.1, 0.15) is 0 Å². The van der Waals surface area contributed by atoms with E-state index in [4.69, 9.17) is 16.3 Å². The maximum absolute atomic E-state index is 11.9. The van der Waals surface area contributed by atoms with Gasteiger partial charge in [0.2, 0.25) is 0 Å². The van der Waals surface area contributed by atoms with E-state index in [1.807, 2.05) is 0 Å². The van der Waals surface area contributed by atoms with E-state index in [-0.39, 0.29) is 16.4 Å². The Bertz CT molecular complexity index is 670. The smallest absolute Gasteiger partial charge is 0.331 e. The number of allylic oxidation sites excluding steroid dienone is 3. The van der Waals surface area contributed by atoms with Gasteiger partial charge in [0.15, 0.2) is 6.10 Å². The van der Waals surface area contributed by atoms with Crippen molar-refractivity contribution in [1.82, 2.24) is 0 Å². The van der Waals surface area contributed by atoms with E-state index in [0.29, 0.717) is 0 Å². The van der Waals surface area contributed by atoms with Crippen LogP contribution in [-0.4, -0.2) is 22.9 Å². The Labute approximate surface area is 137 Å². The highest BCUT2D eigenvalue weighted by Gasteiger charge is 2.18. The Morgan fingerprint density at radius 2 is 2.09 bits per heavy atom. The van der Waals surface area contributed by atoms with Crippen molar-refractivity contribution in [2.24, 2.45) is 0 Å². The van der Waals surface area contributed by atoms with Crippen molar-refractivity contribution in [3.8, 4) is 0 Å². The van der Waals surface area contributed by atoms with E-state index in [1.54, 1.807) is 19.1 Å². The Kier molecular flexibility index (Phi) is 6.95. The van der Waals surface area contributed by atoms with Crippen LogP contribution < -0.4 is 5.32 Å². The summed E-state index contributed by atoms with van der Waals surface area (Å²) in [5.41, 5.74) is -0.00350. The summed E-state index contributed by atoms with van der Waals surface area (Å²) in [6.07, 6.45) is 4.99. The van der Waals surface area contributed by atoms with E-state index < -0.39 is 22.9 Å². The summed E-state index contributed by atoms with van der Waals surface area (Å²) >= 11 is 5.87. The predicted octanol–water partition coefficient (Wildman–Crippen LogP) is 3.25. The normalized spacial score (nSPS) is 12.3. The molecular weight excluding hydrogens is 324 g/mol. The van der Waals surface area contributed by atoms with Gasteiger partial charge in [-0.3, -0.25) is 14.9 Å². The van der Waals surface area contributed by atoms with Gasteiger partial charge in [0, 0.05) is 18.2 Å². The average Bonchev–Trinajstić information content (AvgIpc) is 2.49. The number of anilines is 1. The predicted molar refractivity (Wildman–Crippen MR) is 86.2 cm³/mol. The van der Waals surface area contributed by atoms with Gasteiger partial charge in [0.05, 0.1) is 15.6 Å². The lowest BCUT2D eigenvalue weighted by Gasteiger charge is -2.13. The maximum Gasteiger partial charge on any atom is 0.331 e. The van der Waals surface area contributed by atoms with Crippen LogP contribution in [0.2, 0.25) is 5.02 Å². The summed E-state index contributed by atoms with van der Waals surface area (Å²) in [6.45, 7) is 3.19. The van der Waals surface area contributed by atoms with Gasteiger partial charge < -0.3 is 10.1 Å².